The monoisotopic (exact) mass is 215 g/mol. The molecule has 0 unspecified atom stereocenters. The minimum absolute atomic E-state index is 0.779. The van der Waals surface area contributed by atoms with Crippen molar-refractivity contribution in [3.8, 4) is 0 Å². The highest BCUT2D eigenvalue weighted by molar-refractivity contribution is 6.56. The van der Waals surface area contributed by atoms with E-state index >= 15 is 0 Å². The van der Waals surface area contributed by atoms with E-state index in [0.29, 0.717) is 0 Å². The molecule has 0 radical (unpaired) electrons. The molecule has 1 aliphatic rings. The first-order chi connectivity index (χ1) is 4.93. The molecule has 60 valence electrons. The van der Waals surface area contributed by atoms with Crippen LogP contribution in [-0.2, 0) is 21.0 Å². The highest BCUT2D eigenvalue weighted by Gasteiger charge is 2.15. The molecule has 0 bridgehead atoms. The van der Waals surface area contributed by atoms with E-state index in [0.717, 1.165) is 0 Å². The van der Waals surface area contributed by atoms with Crippen LogP contribution >= 0.6 is 0 Å². The third kappa shape index (κ3) is 3.15. The lowest BCUT2D eigenvalue weighted by molar-refractivity contribution is 0.187. The predicted octanol–water partition coefficient (Wildman–Crippen LogP) is -4.33. The van der Waals surface area contributed by atoms with E-state index in [-0.39, 0.29) is 0 Å². The number of hydrogen-bond acceptors (Lipinski definition) is 6. The van der Waals surface area contributed by atoms with Gasteiger partial charge in [0.15, 0.2) is 0 Å². The second-order valence-electron chi connectivity index (χ2n) is 1.52. The van der Waals surface area contributed by atoms with Crippen LogP contribution in [0.5, 0.6) is 0 Å². The molecule has 10 heteroatoms. The van der Waals surface area contributed by atoms with Gasteiger partial charge in [0.25, 0.3) is 30.0 Å². The summed E-state index contributed by atoms with van der Waals surface area (Å²) >= 11 is 0. The van der Waals surface area contributed by atoms with Gasteiger partial charge in [0.2, 0.25) is 0 Å². The first-order valence-corrected chi connectivity index (χ1v) is 7.55. The molecule has 0 saturated carbocycles. The molecular formula is H9NO5Si4. The molecule has 6 nitrogen and oxygen atoms in total. The molecular weight excluding hydrogens is 206 g/mol. The normalized spacial score (nSPS) is 36.3. The highest BCUT2D eigenvalue weighted by atomic mass is 28.4. The molecule has 0 aromatic carbocycles. The summed E-state index contributed by atoms with van der Waals surface area (Å²) in [6, 6.07) is 0. The Morgan fingerprint density at radius 3 is 2.20 bits per heavy atom. The maximum absolute atomic E-state index is 5.11. The molecule has 2 N–H and O–H groups in total. The van der Waals surface area contributed by atoms with E-state index < -0.39 is 39.5 Å². The molecule has 0 spiro atoms. The maximum Gasteiger partial charge on any atom is 0.482 e. The summed E-state index contributed by atoms with van der Waals surface area (Å²) in [7, 11) is -4.62. The van der Waals surface area contributed by atoms with Gasteiger partial charge in [-0.2, -0.15) is 0 Å². The van der Waals surface area contributed by atoms with E-state index in [1.165, 1.54) is 0 Å². The van der Waals surface area contributed by atoms with Crippen LogP contribution in [0.2, 0.25) is 0 Å². The molecule has 1 aliphatic heterocycles. The van der Waals surface area contributed by atoms with E-state index in [2.05, 4.69) is 4.53 Å². The molecule has 1 saturated heterocycles. The van der Waals surface area contributed by atoms with Crippen LogP contribution in [0.25, 0.3) is 0 Å². The quantitative estimate of drug-likeness (QED) is 0.352. The third-order valence-electron chi connectivity index (χ3n) is 0.853. The smallest absolute Gasteiger partial charge is 0.425 e. The Morgan fingerprint density at radius 1 is 1.10 bits per heavy atom. The van der Waals surface area contributed by atoms with Gasteiger partial charge in [-0.3, -0.25) is 4.53 Å². The topological polar surface area (TPSA) is 72.2 Å². The molecule has 1 heterocycles. The molecule has 1 rings (SSSR count). The Hall–Kier alpha value is 0.628. The zero-order valence-corrected chi connectivity index (χ0v) is 10.7. The fourth-order valence-electron chi connectivity index (χ4n) is 0.461. The summed E-state index contributed by atoms with van der Waals surface area (Å²) in [5, 5.41) is 0. The summed E-state index contributed by atoms with van der Waals surface area (Å²) in [6.45, 7) is 0. The fraction of sp³-hybridized carbons (Fsp3) is 0. The van der Waals surface area contributed by atoms with Crippen molar-refractivity contribution >= 4 is 39.5 Å². The van der Waals surface area contributed by atoms with Crippen LogP contribution in [-0.4, -0.2) is 39.5 Å². The molecule has 0 atom stereocenters. The van der Waals surface area contributed by atoms with Crippen LogP contribution < -0.4 is 5.90 Å². The Labute approximate surface area is 67.0 Å². The van der Waals surface area contributed by atoms with Gasteiger partial charge >= 0.3 is 9.53 Å². The van der Waals surface area contributed by atoms with Crippen LogP contribution in [0.1, 0.15) is 0 Å². The van der Waals surface area contributed by atoms with Crippen molar-refractivity contribution in [1.29, 1.82) is 0 Å². The summed E-state index contributed by atoms with van der Waals surface area (Å²) in [4.78, 5) is 0. The summed E-state index contributed by atoms with van der Waals surface area (Å²) in [5.41, 5.74) is 0. The highest BCUT2D eigenvalue weighted by Crippen LogP contribution is 1.90. The van der Waals surface area contributed by atoms with Gasteiger partial charge in [-0.25, -0.2) is 5.90 Å². The molecule has 0 amide bonds. The van der Waals surface area contributed by atoms with Crippen molar-refractivity contribution in [2.24, 2.45) is 5.90 Å². The van der Waals surface area contributed by atoms with Gasteiger partial charge < -0.3 is 16.5 Å². The first kappa shape index (κ1) is 8.72. The van der Waals surface area contributed by atoms with Crippen LogP contribution in [0.15, 0.2) is 0 Å². The Balaban J connectivity index is 2.16. The van der Waals surface area contributed by atoms with Crippen molar-refractivity contribution in [2.45, 2.75) is 0 Å². The first-order valence-electron chi connectivity index (χ1n) is 2.67. The summed E-state index contributed by atoms with van der Waals surface area (Å²) < 4.78 is 24.8. The summed E-state index contributed by atoms with van der Waals surface area (Å²) in [5.74, 6) is 4.88. The maximum atomic E-state index is 5.11. The lowest BCUT2D eigenvalue weighted by Crippen LogP contribution is -2.37. The molecule has 10 heavy (non-hydrogen) atoms. The molecule has 0 aliphatic carbocycles. The molecule has 0 aromatic heterocycles. The zero-order valence-electron chi connectivity index (χ0n) is 5.32. The third-order valence-corrected chi connectivity index (χ3v) is 7.01. The van der Waals surface area contributed by atoms with Gasteiger partial charge in [-0.05, 0) is 0 Å². The van der Waals surface area contributed by atoms with Crippen molar-refractivity contribution in [1.82, 2.24) is 0 Å². The van der Waals surface area contributed by atoms with Gasteiger partial charge in [-0.15, -0.1) is 0 Å². The van der Waals surface area contributed by atoms with E-state index in [1.807, 2.05) is 0 Å². The minimum atomic E-state index is -2.01. The SMILES string of the molecule is NO[SiH]1O[SiH2]O[SiH2]O[SiH2]O1. The molecule has 1 fully saturated rings. The van der Waals surface area contributed by atoms with Crippen molar-refractivity contribution in [3.63, 3.8) is 0 Å². The van der Waals surface area contributed by atoms with E-state index in [9.17, 15) is 0 Å². The van der Waals surface area contributed by atoms with Crippen molar-refractivity contribution in [2.75, 3.05) is 0 Å². The molecule has 0 aromatic rings. The minimum Gasteiger partial charge on any atom is -0.425 e. The van der Waals surface area contributed by atoms with Crippen LogP contribution in [0, 0.1) is 0 Å². The van der Waals surface area contributed by atoms with Crippen LogP contribution in [0.3, 0.4) is 0 Å². The Bertz CT molecular complexity index is 81.7. The predicted molar refractivity (Wildman–Crippen MR) is 42.4 cm³/mol. The van der Waals surface area contributed by atoms with Crippen molar-refractivity contribution < 1.29 is 21.0 Å². The second-order valence-corrected chi connectivity index (χ2v) is 9.01. The largest absolute Gasteiger partial charge is 0.482 e. The lowest BCUT2D eigenvalue weighted by Gasteiger charge is -2.17. The Kier molecular flexibility index (Phi) is 4.62. The second kappa shape index (κ2) is 5.30. The summed E-state index contributed by atoms with van der Waals surface area (Å²) in [6.07, 6.45) is 0. The number of nitrogens with two attached hydrogens (primary N) is 1. The van der Waals surface area contributed by atoms with Gasteiger partial charge in [-0.1, -0.05) is 0 Å². The van der Waals surface area contributed by atoms with Crippen molar-refractivity contribution in [3.05, 3.63) is 0 Å². The van der Waals surface area contributed by atoms with E-state index in [1.54, 1.807) is 0 Å². The average molecular weight is 215 g/mol. The van der Waals surface area contributed by atoms with Gasteiger partial charge in [0, 0.05) is 0 Å². The lowest BCUT2D eigenvalue weighted by atomic mass is 13.6. The van der Waals surface area contributed by atoms with Gasteiger partial charge in [0.05, 0.1) is 0 Å². The standard InChI is InChI=1S/H9NO5Si4/c1-2-10-5-8-3-7-4-9-6-10/h10H,1,7-9H2. The van der Waals surface area contributed by atoms with Crippen LogP contribution in [0.4, 0.5) is 0 Å². The number of rotatable bonds is 1. The number of hydrogen-bond donors (Lipinski definition) is 1. The Morgan fingerprint density at radius 2 is 1.70 bits per heavy atom. The zero-order chi connectivity index (χ0) is 7.23. The fourth-order valence-corrected chi connectivity index (χ4v) is 7.81. The average Bonchev–Trinajstić information content (AvgIpc) is 1.87. The van der Waals surface area contributed by atoms with E-state index in [4.69, 9.17) is 22.4 Å². The van der Waals surface area contributed by atoms with Gasteiger partial charge in [0.1, 0.15) is 0 Å².